The van der Waals surface area contributed by atoms with Gasteiger partial charge in [0.25, 0.3) is 11.8 Å². The molecule has 26 heavy (non-hydrogen) atoms. The zero-order valence-electron chi connectivity index (χ0n) is 13.9. The third kappa shape index (κ3) is 4.27. The van der Waals surface area contributed by atoms with Gasteiger partial charge in [0, 0.05) is 39.3 Å². The maximum Gasteiger partial charge on any atom is 0.433 e. The van der Waals surface area contributed by atoms with E-state index in [2.05, 4.69) is 10.2 Å². The smallest absolute Gasteiger partial charge is 0.395 e. The van der Waals surface area contributed by atoms with Crippen molar-refractivity contribution in [2.45, 2.75) is 0 Å². The molecular formula is C16H18N4O5S. The first kappa shape index (κ1) is 18.1. The first-order valence-corrected chi connectivity index (χ1v) is 9.00. The Morgan fingerprint density at radius 2 is 2.00 bits per heavy atom. The summed E-state index contributed by atoms with van der Waals surface area (Å²) < 4.78 is 4.86. The molecule has 3 heterocycles. The number of hydrogen-bond donors (Lipinski definition) is 1. The Bertz CT molecular complexity index is 780. The largest absolute Gasteiger partial charge is 0.433 e. The third-order valence-electron chi connectivity index (χ3n) is 4.10. The van der Waals surface area contributed by atoms with Crippen LogP contribution in [-0.2, 0) is 0 Å². The number of nitrogens with zero attached hydrogens (tertiary/aromatic N) is 3. The zero-order chi connectivity index (χ0) is 18.5. The average Bonchev–Trinajstić information content (AvgIpc) is 3.33. The Kier molecular flexibility index (Phi) is 5.64. The van der Waals surface area contributed by atoms with Crippen molar-refractivity contribution in [3.05, 3.63) is 50.4 Å². The van der Waals surface area contributed by atoms with E-state index in [4.69, 9.17) is 4.42 Å². The maximum absolute atomic E-state index is 12.3. The molecule has 0 bridgehead atoms. The molecule has 0 saturated carbocycles. The molecule has 0 aromatic carbocycles. The quantitative estimate of drug-likeness (QED) is 0.602. The summed E-state index contributed by atoms with van der Waals surface area (Å²) in [6.07, 6.45) is 0. The summed E-state index contributed by atoms with van der Waals surface area (Å²) in [5.74, 6) is -0.957. The molecule has 0 spiro atoms. The molecule has 1 N–H and O–H groups in total. The van der Waals surface area contributed by atoms with Crippen molar-refractivity contribution < 1.29 is 18.9 Å². The highest BCUT2D eigenvalue weighted by Gasteiger charge is 2.23. The van der Waals surface area contributed by atoms with E-state index in [1.54, 1.807) is 0 Å². The lowest BCUT2D eigenvalue weighted by Gasteiger charge is -2.34. The monoisotopic (exact) mass is 378 g/mol. The van der Waals surface area contributed by atoms with Gasteiger partial charge in [-0.3, -0.25) is 24.6 Å². The number of nitro groups is 1. The van der Waals surface area contributed by atoms with Crippen molar-refractivity contribution in [1.29, 1.82) is 0 Å². The van der Waals surface area contributed by atoms with Crippen molar-refractivity contribution in [3.63, 3.8) is 0 Å². The molecule has 1 fully saturated rings. The van der Waals surface area contributed by atoms with Gasteiger partial charge in [0.2, 0.25) is 0 Å². The number of thiophene rings is 1. The summed E-state index contributed by atoms with van der Waals surface area (Å²) in [4.78, 5) is 38.8. The summed E-state index contributed by atoms with van der Waals surface area (Å²) in [6, 6.07) is 6.12. The molecule has 3 rings (SSSR count). The van der Waals surface area contributed by atoms with Crippen LogP contribution in [0.25, 0.3) is 0 Å². The number of amides is 2. The van der Waals surface area contributed by atoms with Crippen molar-refractivity contribution in [2.24, 2.45) is 0 Å². The normalized spacial score (nSPS) is 15.0. The van der Waals surface area contributed by atoms with Gasteiger partial charge in [-0.05, 0) is 17.5 Å². The first-order valence-electron chi connectivity index (χ1n) is 8.12. The Labute approximate surface area is 153 Å². The predicted molar refractivity (Wildman–Crippen MR) is 94.4 cm³/mol. The molecule has 2 amide bonds. The number of furan rings is 1. The van der Waals surface area contributed by atoms with Crippen molar-refractivity contribution in [1.82, 2.24) is 15.1 Å². The predicted octanol–water partition coefficient (Wildman–Crippen LogP) is 1.44. The minimum atomic E-state index is -0.687. The lowest BCUT2D eigenvalue weighted by atomic mass is 10.3. The summed E-state index contributed by atoms with van der Waals surface area (Å²) in [5, 5.41) is 15.1. The van der Waals surface area contributed by atoms with E-state index in [1.807, 2.05) is 22.4 Å². The molecule has 9 nitrogen and oxygen atoms in total. The van der Waals surface area contributed by atoms with Crippen LogP contribution in [0.3, 0.4) is 0 Å². The molecule has 0 unspecified atom stereocenters. The Morgan fingerprint density at radius 1 is 1.23 bits per heavy atom. The Balaban J connectivity index is 1.39. The van der Waals surface area contributed by atoms with Gasteiger partial charge >= 0.3 is 5.88 Å². The van der Waals surface area contributed by atoms with Crippen LogP contribution in [0.1, 0.15) is 20.2 Å². The van der Waals surface area contributed by atoms with Crippen molar-refractivity contribution >= 4 is 29.0 Å². The average molecular weight is 378 g/mol. The second kappa shape index (κ2) is 8.11. The minimum absolute atomic E-state index is 0.0624. The van der Waals surface area contributed by atoms with Gasteiger partial charge in [0.1, 0.15) is 4.92 Å². The second-order valence-electron chi connectivity index (χ2n) is 5.76. The highest BCUT2D eigenvalue weighted by Crippen LogP contribution is 2.15. The van der Waals surface area contributed by atoms with E-state index in [-0.39, 0.29) is 11.7 Å². The molecular weight excluding hydrogens is 360 g/mol. The third-order valence-corrected chi connectivity index (χ3v) is 4.96. The molecule has 2 aromatic heterocycles. The number of nitrogens with one attached hydrogen (secondary N) is 1. The fourth-order valence-electron chi connectivity index (χ4n) is 2.69. The maximum atomic E-state index is 12.3. The van der Waals surface area contributed by atoms with E-state index >= 15 is 0 Å². The fourth-order valence-corrected chi connectivity index (χ4v) is 3.38. The highest BCUT2D eigenvalue weighted by molar-refractivity contribution is 7.12. The molecule has 2 aromatic rings. The van der Waals surface area contributed by atoms with Crippen LogP contribution in [0.2, 0.25) is 0 Å². The van der Waals surface area contributed by atoms with E-state index in [1.165, 1.54) is 17.4 Å². The Hall–Kier alpha value is -2.72. The molecule has 1 saturated heterocycles. The van der Waals surface area contributed by atoms with E-state index in [0.717, 1.165) is 24.0 Å². The van der Waals surface area contributed by atoms with Gasteiger partial charge in [0.15, 0.2) is 5.76 Å². The van der Waals surface area contributed by atoms with Crippen LogP contribution >= 0.6 is 11.3 Å². The van der Waals surface area contributed by atoms with E-state index < -0.39 is 16.7 Å². The standard InChI is InChI=1S/C16H18N4O5S/c21-15(12-3-4-14(25-12)20(23)24)17-5-6-18-7-9-19(10-8-18)16(22)13-2-1-11-26-13/h1-4,11H,5-10H2,(H,17,21). The summed E-state index contributed by atoms with van der Waals surface area (Å²) >= 11 is 1.44. The molecule has 10 heteroatoms. The summed E-state index contributed by atoms with van der Waals surface area (Å²) in [6.45, 7) is 3.80. The first-order chi connectivity index (χ1) is 12.5. The summed E-state index contributed by atoms with van der Waals surface area (Å²) in [7, 11) is 0. The van der Waals surface area contributed by atoms with Crippen LogP contribution in [-0.4, -0.2) is 65.8 Å². The van der Waals surface area contributed by atoms with E-state index in [0.29, 0.717) is 26.2 Å². The number of carbonyl (C=O) groups is 2. The van der Waals surface area contributed by atoms with Gasteiger partial charge in [-0.15, -0.1) is 11.3 Å². The molecule has 0 atom stereocenters. The lowest BCUT2D eigenvalue weighted by Crippen LogP contribution is -2.50. The van der Waals surface area contributed by atoms with Crippen molar-refractivity contribution in [3.8, 4) is 0 Å². The lowest BCUT2D eigenvalue weighted by molar-refractivity contribution is -0.402. The summed E-state index contributed by atoms with van der Waals surface area (Å²) in [5.41, 5.74) is 0. The highest BCUT2D eigenvalue weighted by atomic mass is 32.1. The van der Waals surface area contributed by atoms with Crippen LogP contribution in [0, 0.1) is 10.1 Å². The zero-order valence-corrected chi connectivity index (χ0v) is 14.7. The van der Waals surface area contributed by atoms with Crippen LogP contribution in [0.5, 0.6) is 0 Å². The van der Waals surface area contributed by atoms with Gasteiger partial charge in [-0.2, -0.15) is 0 Å². The second-order valence-corrected chi connectivity index (χ2v) is 6.71. The topological polar surface area (TPSA) is 109 Å². The van der Waals surface area contributed by atoms with Crippen LogP contribution in [0.4, 0.5) is 5.88 Å². The SMILES string of the molecule is O=C(NCCN1CCN(C(=O)c2cccs2)CC1)c1ccc([N+](=O)[O-])o1. The molecule has 1 aliphatic rings. The molecule has 0 radical (unpaired) electrons. The van der Waals surface area contributed by atoms with Gasteiger partial charge in [-0.25, -0.2) is 0 Å². The van der Waals surface area contributed by atoms with Gasteiger partial charge in [0.05, 0.1) is 10.9 Å². The number of rotatable bonds is 6. The molecule has 1 aliphatic heterocycles. The van der Waals surface area contributed by atoms with Crippen molar-refractivity contribution in [2.75, 3.05) is 39.3 Å². The number of piperazine rings is 1. The van der Waals surface area contributed by atoms with Gasteiger partial charge in [-0.1, -0.05) is 6.07 Å². The number of carbonyl (C=O) groups excluding carboxylic acids is 2. The molecule has 0 aliphatic carbocycles. The minimum Gasteiger partial charge on any atom is -0.395 e. The Morgan fingerprint density at radius 3 is 2.62 bits per heavy atom. The number of hydrogen-bond acceptors (Lipinski definition) is 7. The van der Waals surface area contributed by atoms with Crippen LogP contribution in [0.15, 0.2) is 34.1 Å². The fraction of sp³-hybridized carbons (Fsp3) is 0.375. The van der Waals surface area contributed by atoms with Crippen LogP contribution < -0.4 is 5.32 Å². The molecule has 138 valence electrons. The van der Waals surface area contributed by atoms with E-state index in [9.17, 15) is 19.7 Å². The van der Waals surface area contributed by atoms with Gasteiger partial charge < -0.3 is 14.6 Å².